The number of nitrogens with one attached hydrogen (secondary N) is 1. The Balaban J connectivity index is 1.85. The minimum Gasteiger partial charge on any atom is -0.324 e. The Morgan fingerprint density at radius 3 is 2.87 bits per heavy atom. The number of rotatable bonds is 3. The molecule has 0 bridgehead atoms. The number of hydrogen-bond donors (Lipinski definition) is 1. The topological polar surface area (TPSA) is 49.4 Å². The van der Waals surface area contributed by atoms with Crippen molar-refractivity contribution in [3.05, 3.63) is 29.3 Å². The van der Waals surface area contributed by atoms with E-state index in [2.05, 4.69) is 32.2 Å². The molecule has 1 N–H and O–H groups in total. The maximum atomic E-state index is 12.9. The highest BCUT2D eigenvalue weighted by atomic mass is 32.2. The van der Waals surface area contributed by atoms with Crippen molar-refractivity contribution in [2.45, 2.75) is 57.4 Å². The summed E-state index contributed by atoms with van der Waals surface area (Å²) in [6.07, 6.45) is 1.39. The molecule has 2 aliphatic heterocycles. The van der Waals surface area contributed by atoms with Crippen molar-refractivity contribution < 1.29 is 9.59 Å². The molecule has 0 spiro atoms. The summed E-state index contributed by atoms with van der Waals surface area (Å²) in [6, 6.07) is 5.73. The number of para-hydroxylation sites is 1. The zero-order valence-corrected chi connectivity index (χ0v) is 15.0. The lowest BCUT2D eigenvalue weighted by Crippen LogP contribution is -2.48. The molecule has 0 aliphatic carbocycles. The van der Waals surface area contributed by atoms with E-state index in [1.807, 2.05) is 19.1 Å². The Labute approximate surface area is 142 Å². The van der Waals surface area contributed by atoms with Crippen LogP contribution < -0.4 is 5.32 Å². The van der Waals surface area contributed by atoms with Gasteiger partial charge in [0.1, 0.15) is 6.04 Å². The Morgan fingerprint density at radius 2 is 2.17 bits per heavy atom. The number of aryl methyl sites for hydroxylation is 1. The third-order valence-electron chi connectivity index (χ3n) is 4.92. The second-order valence-corrected chi connectivity index (χ2v) is 8.45. The van der Waals surface area contributed by atoms with E-state index >= 15 is 0 Å². The molecule has 0 radical (unpaired) electrons. The van der Waals surface area contributed by atoms with E-state index in [-0.39, 0.29) is 22.7 Å². The van der Waals surface area contributed by atoms with Crippen LogP contribution in [0.2, 0.25) is 0 Å². The molecule has 0 aromatic heterocycles. The number of anilines is 1. The van der Waals surface area contributed by atoms with Gasteiger partial charge < -0.3 is 10.2 Å². The van der Waals surface area contributed by atoms with E-state index in [4.69, 9.17) is 0 Å². The lowest BCUT2D eigenvalue weighted by Gasteiger charge is -2.30. The number of carbonyl (C=O) groups excluding carboxylic acids is 2. The summed E-state index contributed by atoms with van der Waals surface area (Å²) in [5.74, 6) is 1.05. The molecule has 2 aliphatic rings. The van der Waals surface area contributed by atoms with Crippen LogP contribution in [0.5, 0.6) is 0 Å². The smallest absolute Gasteiger partial charge is 0.248 e. The first-order valence-corrected chi connectivity index (χ1v) is 9.18. The largest absolute Gasteiger partial charge is 0.324 e. The van der Waals surface area contributed by atoms with Crippen molar-refractivity contribution in [2.24, 2.45) is 0 Å². The molecule has 124 valence electrons. The maximum absolute atomic E-state index is 12.9. The molecule has 1 aromatic carbocycles. The highest BCUT2D eigenvalue weighted by Gasteiger charge is 2.52. The lowest BCUT2D eigenvalue weighted by molar-refractivity contribution is -0.135. The molecular weight excluding hydrogens is 308 g/mol. The SMILES string of the molecule is Cc1cccc(C(C)C)c1NC(=O)[C@H]1CS[C@@]2(C)CCC(=O)N12. The number of carbonyl (C=O) groups is 2. The third kappa shape index (κ3) is 2.75. The number of thioether (sulfide) groups is 1. The molecule has 2 fully saturated rings. The highest BCUT2D eigenvalue weighted by molar-refractivity contribution is 8.01. The Kier molecular flexibility index (Phi) is 4.17. The molecule has 2 heterocycles. The summed E-state index contributed by atoms with van der Waals surface area (Å²) >= 11 is 1.72. The van der Waals surface area contributed by atoms with Crippen LogP contribution in [-0.2, 0) is 9.59 Å². The predicted octanol–water partition coefficient (Wildman–Crippen LogP) is 3.51. The molecule has 2 amide bonds. The molecule has 23 heavy (non-hydrogen) atoms. The van der Waals surface area contributed by atoms with Crippen molar-refractivity contribution in [3.63, 3.8) is 0 Å². The normalized spacial score (nSPS) is 26.7. The Bertz CT molecular complexity index is 658. The summed E-state index contributed by atoms with van der Waals surface area (Å²) in [4.78, 5) is 26.7. The number of nitrogens with zero attached hydrogens (tertiary/aromatic N) is 1. The summed E-state index contributed by atoms with van der Waals surface area (Å²) in [7, 11) is 0. The summed E-state index contributed by atoms with van der Waals surface area (Å²) in [5, 5.41) is 3.11. The quantitative estimate of drug-likeness (QED) is 0.921. The average Bonchev–Trinajstić information content (AvgIpc) is 2.98. The van der Waals surface area contributed by atoms with Crippen LogP contribution in [-0.4, -0.2) is 33.4 Å². The predicted molar refractivity (Wildman–Crippen MR) is 94.6 cm³/mol. The zero-order valence-electron chi connectivity index (χ0n) is 14.2. The van der Waals surface area contributed by atoms with E-state index in [1.165, 1.54) is 0 Å². The second-order valence-electron chi connectivity index (χ2n) is 6.95. The van der Waals surface area contributed by atoms with Crippen LogP contribution in [0.15, 0.2) is 18.2 Å². The van der Waals surface area contributed by atoms with Gasteiger partial charge in [0.15, 0.2) is 0 Å². The number of hydrogen-bond acceptors (Lipinski definition) is 3. The Hall–Kier alpha value is -1.49. The summed E-state index contributed by atoms with van der Waals surface area (Å²) in [6.45, 7) is 8.33. The second kappa shape index (κ2) is 5.86. The Morgan fingerprint density at radius 1 is 1.43 bits per heavy atom. The van der Waals surface area contributed by atoms with Crippen molar-refractivity contribution in [1.82, 2.24) is 4.90 Å². The van der Waals surface area contributed by atoms with Gasteiger partial charge in [-0.05, 0) is 37.3 Å². The molecule has 5 heteroatoms. The minimum absolute atomic E-state index is 0.0623. The van der Waals surface area contributed by atoms with E-state index < -0.39 is 0 Å². The molecular formula is C18H24N2O2S. The van der Waals surface area contributed by atoms with Gasteiger partial charge in [0.05, 0.1) is 4.87 Å². The van der Waals surface area contributed by atoms with Gasteiger partial charge in [-0.25, -0.2) is 0 Å². The zero-order chi connectivity index (χ0) is 16.8. The van der Waals surface area contributed by atoms with Gasteiger partial charge in [0.2, 0.25) is 11.8 Å². The first kappa shape index (κ1) is 16.4. The molecule has 0 saturated carbocycles. The van der Waals surface area contributed by atoms with Gasteiger partial charge in [-0.2, -0.15) is 0 Å². The van der Waals surface area contributed by atoms with Crippen LogP contribution in [0.1, 0.15) is 50.7 Å². The number of fused-ring (bicyclic) bond motifs is 1. The highest BCUT2D eigenvalue weighted by Crippen LogP contribution is 2.47. The van der Waals surface area contributed by atoms with Crippen LogP contribution in [0.25, 0.3) is 0 Å². The van der Waals surface area contributed by atoms with E-state index in [0.29, 0.717) is 18.1 Å². The first-order valence-electron chi connectivity index (χ1n) is 8.20. The van der Waals surface area contributed by atoms with Crippen molar-refractivity contribution in [3.8, 4) is 0 Å². The minimum atomic E-state index is -0.361. The van der Waals surface area contributed by atoms with Crippen molar-refractivity contribution in [2.75, 3.05) is 11.1 Å². The first-order chi connectivity index (χ1) is 10.8. The fourth-order valence-electron chi connectivity index (χ4n) is 3.56. The van der Waals surface area contributed by atoms with Gasteiger partial charge in [-0.3, -0.25) is 9.59 Å². The van der Waals surface area contributed by atoms with Crippen LogP contribution >= 0.6 is 11.8 Å². The van der Waals surface area contributed by atoms with E-state index in [0.717, 1.165) is 23.2 Å². The number of amides is 2. The van der Waals surface area contributed by atoms with Gasteiger partial charge >= 0.3 is 0 Å². The average molecular weight is 332 g/mol. The fourth-order valence-corrected chi connectivity index (χ4v) is 5.00. The molecule has 4 nitrogen and oxygen atoms in total. The molecule has 2 saturated heterocycles. The molecule has 0 unspecified atom stereocenters. The molecule has 2 atom stereocenters. The molecule has 1 aromatic rings. The summed E-state index contributed by atoms with van der Waals surface area (Å²) < 4.78 is 0. The van der Waals surface area contributed by atoms with Crippen molar-refractivity contribution in [1.29, 1.82) is 0 Å². The third-order valence-corrected chi connectivity index (χ3v) is 6.43. The monoisotopic (exact) mass is 332 g/mol. The maximum Gasteiger partial charge on any atom is 0.248 e. The molecule has 3 rings (SSSR count). The van der Waals surface area contributed by atoms with Crippen molar-refractivity contribution >= 4 is 29.3 Å². The standard InChI is InChI=1S/C18H24N2O2S/c1-11(2)13-7-5-6-12(3)16(13)19-17(22)14-10-23-18(4)9-8-15(21)20(14)18/h5-7,11,14H,8-10H2,1-4H3,(H,19,22)/t14-,18+/m1/s1. The van der Waals surface area contributed by atoms with Crippen LogP contribution in [0.4, 0.5) is 5.69 Å². The van der Waals surface area contributed by atoms with Gasteiger partial charge in [0.25, 0.3) is 0 Å². The van der Waals surface area contributed by atoms with E-state index in [1.54, 1.807) is 16.7 Å². The van der Waals surface area contributed by atoms with Gasteiger partial charge in [0, 0.05) is 17.9 Å². The summed E-state index contributed by atoms with van der Waals surface area (Å²) in [5.41, 5.74) is 3.10. The lowest BCUT2D eigenvalue weighted by atomic mass is 9.98. The number of benzene rings is 1. The van der Waals surface area contributed by atoms with Crippen LogP contribution in [0, 0.1) is 6.92 Å². The van der Waals surface area contributed by atoms with Crippen LogP contribution in [0.3, 0.4) is 0 Å². The fraction of sp³-hybridized carbons (Fsp3) is 0.556. The van der Waals surface area contributed by atoms with E-state index in [9.17, 15) is 9.59 Å². The van der Waals surface area contributed by atoms with Gasteiger partial charge in [-0.15, -0.1) is 11.8 Å². The van der Waals surface area contributed by atoms with Gasteiger partial charge in [-0.1, -0.05) is 32.0 Å².